The van der Waals surface area contributed by atoms with E-state index in [4.69, 9.17) is 4.74 Å². The second-order valence-electron chi connectivity index (χ2n) is 4.75. The minimum absolute atomic E-state index is 0.00913. The number of likely N-dealkylation sites (N-methyl/N-ethyl adjacent to an activating group) is 1. The number of unbranched alkanes of at least 4 members (excludes halogenated alkanes) is 1. The molecule has 5 heteroatoms. The lowest BCUT2D eigenvalue weighted by molar-refractivity contribution is -0.130. The molecule has 0 spiro atoms. The van der Waals surface area contributed by atoms with Crippen molar-refractivity contribution in [2.75, 3.05) is 26.0 Å². The van der Waals surface area contributed by atoms with Gasteiger partial charge in [-0.15, -0.1) is 0 Å². The minimum atomic E-state index is -0.0954. The Hall–Kier alpha value is -2.04. The summed E-state index contributed by atoms with van der Waals surface area (Å²) in [6, 6.07) is 7.00. The van der Waals surface area contributed by atoms with Crippen LogP contribution in [0.4, 0.5) is 5.69 Å². The largest absolute Gasteiger partial charge is 0.484 e. The third kappa shape index (κ3) is 5.73. The molecule has 0 heterocycles. The van der Waals surface area contributed by atoms with Gasteiger partial charge in [-0.05, 0) is 30.7 Å². The van der Waals surface area contributed by atoms with Gasteiger partial charge in [0.05, 0.1) is 0 Å². The third-order valence-electron chi connectivity index (χ3n) is 2.76. The van der Waals surface area contributed by atoms with E-state index in [9.17, 15) is 9.59 Å². The summed E-state index contributed by atoms with van der Waals surface area (Å²) in [4.78, 5) is 24.4. The van der Waals surface area contributed by atoms with Gasteiger partial charge in [0, 0.05) is 26.2 Å². The second-order valence-corrected chi connectivity index (χ2v) is 4.75. The molecule has 0 unspecified atom stereocenters. The summed E-state index contributed by atoms with van der Waals surface area (Å²) in [5, 5.41) is 2.82. The van der Waals surface area contributed by atoms with Gasteiger partial charge in [0.15, 0.2) is 6.61 Å². The Morgan fingerprint density at radius 1 is 1.20 bits per heavy atom. The summed E-state index contributed by atoms with van der Waals surface area (Å²) >= 11 is 0. The SMILES string of the molecule is CCCCC(=O)Nc1ccc(OCC(=O)N(C)C)cc1. The number of nitrogens with zero attached hydrogens (tertiary/aromatic N) is 1. The summed E-state index contributed by atoms with van der Waals surface area (Å²) in [5.74, 6) is 0.525. The Kier molecular flexibility index (Phi) is 6.56. The van der Waals surface area contributed by atoms with Crippen LogP contribution in [0.25, 0.3) is 0 Å². The molecule has 1 rings (SSSR count). The number of hydrogen-bond donors (Lipinski definition) is 1. The fraction of sp³-hybridized carbons (Fsp3) is 0.467. The van der Waals surface area contributed by atoms with Crippen molar-refractivity contribution in [1.82, 2.24) is 4.90 Å². The van der Waals surface area contributed by atoms with E-state index in [2.05, 4.69) is 12.2 Å². The zero-order valence-corrected chi connectivity index (χ0v) is 12.3. The monoisotopic (exact) mass is 278 g/mol. The fourth-order valence-corrected chi connectivity index (χ4v) is 1.47. The minimum Gasteiger partial charge on any atom is -0.484 e. The van der Waals surface area contributed by atoms with Crippen LogP contribution in [0, 0.1) is 0 Å². The van der Waals surface area contributed by atoms with E-state index in [0.717, 1.165) is 18.5 Å². The van der Waals surface area contributed by atoms with E-state index < -0.39 is 0 Å². The van der Waals surface area contributed by atoms with Crippen molar-refractivity contribution in [3.63, 3.8) is 0 Å². The zero-order valence-electron chi connectivity index (χ0n) is 12.3. The predicted octanol–water partition coefficient (Wildman–Crippen LogP) is 2.28. The van der Waals surface area contributed by atoms with Gasteiger partial charge in [0.2, 0.25) is 5.91 Å². The first kappa shape index (κ1) is 16.0. The van der Waals surface area contributed by atoms with Crippen LogP contribution in [0.3, 0.4) is 0 Å². The molecule has 0 aliphatic rings. The number of carbonyl (C=O) groups excluding carboxylic acids is 2. The molecule has 5 nitrogen and oxygen atoms in total. The Balaban J connectivity index is 2.44. The Labute approximate surface area is 119 Å². The molecule has 0 aliphatic carbocycles. The van der Waals surface area contributed by atoms with Gasteiger partial charge in [-0.3, -0.25) is 9.59 Å². The molecule has 0 atom stereocenters. The second kappa shape index (κ2) is 8.19. The Bertz CT molecular complexity index is 441. The zero-order chi connectivity index (χ0) is 15.0. The molecule has 1 N–H and O–H groups in total. The van der Waals surface area contributed by atoms with Gasteiger partial charge in [-0.2, -0.15) is 0 Å². The highest BCUT2D eigenvalue weighted by Gasteiger charge is 2.05. The van der Waals surface area contributed by atoms with E-state index in [1.54, 1.807) is 38.4 Å². The van der Waals surface area contributed by atoms with Crippen LogP contribution in [0.5, 0.6) is 5.75 Å². The first-order valence-corrected chi connectivity index (χ1v) is 6.75. The summed E-state index contributed by atoms with van der Waals surface area (Å²) in [6.45, 7) is 2.06. The first-order chi connectivity index (χ1) is 9.52. The highest BCUT2D eigenvalue weighted by Crippen LogP contribution is 2.16. The smallest absolute Gasteiger partial charge is 0.259 e. The molecule has 0 aromatic heterocycles. The number of anilines is 1. The lowest BCUT2D eigenvalue weighted by Gasteiger charge is -2.11. The quantitative estimate of drug-likeness (QED) is 0.832. The molecule has 0 saturated carbocycles. The molecular formula is C15H22N2O3. The highest BCUT2D eigenvalue weighted by atomic mass is 16.5. The maximum Gasteiger partial charge on any atom is 0.259 e. The summed E-state index contributed by atoms with van der Waals surface area (Å²) < 4.78 is 5.35. The Morgan fingerprint density at radius 3 is 2.40 bits per heavy atom. The maximum atomic E-state index is 11.6. The van der Waals surface area contributed by atoms with Crippen LogP contribution < -0.4 is 10.1 Å². The van der Waals surface area contributed by atoms with Crippen molar-refractivity contribution in [2.24, 2.45) is 0 Å². The molecular weight excluding hydrogens is 256 g/mol. The third-order valence-corrected chi connectivity index (χ3v) is 2.76. The summed E-state index contributed by atoms with van der Waals surface area (Å²) in [7, 11) is 3.36. The Morgan fingerprint density at radius 2 is 1.85 bits per heavy atom. The van der Waals surface area contributed by atoms with Gasteiger partial charge < -0.3 is 15.0 Å². The van der Waals surface area contributed by atoms with Crippen molar-refractivity contribution < 1.29 is 14.3 Å². The van der Waals surface area contributed by atoms with Crippen LogP contribution in [0.15, 0.2) is 24.3 Å². The van der Waals surface area contributed by atoms with Gasteiger partial charge in [0.25, 0.3) is 5.91 Å². The van der Waals surface area contributed by atoms with E-state index >= 15 is 0 Å². The van der Waals surface area contributed by atoms with Crippen LogP contribution in [-0.4, -0.2) is 37.4 Å². The number of benzene rings is 1. The molecule has 2 amide bonds. The van der Waals surface area contributed by atoms with E-state index in [1.165, 1.54) is 4.90 Å². The average Bonchev–Trinajstić information content (AvgIpc) is 2.43. The molecule has 0 bridgehead atoms. The topological polar surface area (TPSA) is 58.6 Å². The predicted molar refractivity (Wildman–Crippen MR) is 78.8 cm³/mol. The lowest BCUT2D eigenvalue weighted by atomic mass is 10.2. The number of hydrogen-bond acceptors (Lipinski definition) is 3. The van der Waals surface area contributed by atoms with Crippen LogP contribution in [-0.2, 0) is 9.59 Å². The molecule has 1 aromatic rings. The van der Waals surface area contributed by atoms with Gasteiger partial charge >= 0.3 is 0 Å². The number of ether oxygens (including phenoxy) is 1. The molecule has 0 radical (unpaired) electrons. The van der Waals surface area contributed by atoms with Crippen molar-refractivity contribution in [2.45, 2.75) is 26.2 Å². The van der Waals surface area contributed by atoms with Gasteiger partial charge in [0.1, 0.15) is 5.75 Å². The standard InChI is InChI=1S/C15H22N2O3/c1-4-5-6-14(18)16-12-7-9-13(10-8-12)20-11-15(19)17(2)3/h7-10H,4-6,11H2,1-3H3,(H,16,18). The van der Waals surface area contributed by atoms with Crippen LogP contribution >= 0.6 is 0 Å². The molecule has 110 valence electrons. The fourth-order valence-electron chi connectivity index (χ4n) is 1.47. The molecule has 20 heavy (non-hydrogen) atoms. The summed E-state index contributed by atoms with van der Waals surface area (Å²) in [5.41, 5.74) is 0.734. The van der Waals surface area contributed by atoms with Gasteiger partial charge in [-0.1, -0.05) is 13.3 Å². The van der Waals surface area contributed by atoms with Crippen molar-refractivity contribution in [3.8, 4) is 5.75 Å². The van der Waals surface area contributed by atoms with Crippen molar-refractivity contribution in [1.29, 1.82) is 0 Å². The summed E-state index contributed by atoms with van der Waals surface area (Å²) in [6.07, 6.45) is 2.42. The number of carbonyl (C=O) groups is 2. The van der Waals surface area contributed by atoms with E-state index in [1.807, 2.05) is 0 Å². The van der Waals surface area contributed by atoms with Crippen molar-refractivity contribution in [3.05, 3.63) is 24.3 Å². The molecule has 0 fully saturated rings. The first-order valence-electron chi connectivity index (χ1n) is 6.75. The normalized spacial score (nSPS) is 9.95. The number of amides is 2. The van der Waals surface area contributed by atoms with E-state index in [0.29, 0.717) is 12.2 Å². The number of rotatable bonds is 7. The molecule has 1 aromatic carbocycles. The van der Waals surface area contributed by atoms with E-state index in [-0.39, 0.29) is 18.4 Å². The van der Waals surface area contributed by atoms with Crippen LogP contribution in [0.2, 0.25) is 0 Å². The van der Waals surface area contributed by atoms with Crippen molar-refractivity contribution >= 4 is 17.5 Å². The molecule has 0 aliphatic heterocycles. The van der Waals surface area contributed by atoms with Crippen LogP contribution in [0.1, 0.15) is 26.2 Å². The van der Waals surface area contributed by atoms with Gasteiger partial charge in [-0.25, -0.2) is 0 Å². The highest BCUT2D eigenvalue weighted by molar-refractivity contribution is 5.90. The average molecular weight is 278 g/mol. The number of nitrogens with one attached hydrogen (secondary N) is 1. The maximum absolute atomic E-state index is 11.6. The molecule has 0 saturated heterocycles. The lowest BCUT2D eigenvalue weighted by Crippen LogP contribution is -2.27.